The standard InChI is InChI=1S/C18H24N4O2/c23-18(20-11-16-4-2-10-24-16)22-8-1-3-15(13-22)17-19-7-9-21(17)12-14-5-6-14/h2,4,7,9-10,14-15H,1,3,5-6,8,11-13H2,(H,20,23). The first-order valence-electron chi connectivity index (χ1n) is 8.86. The molecule has 2 aromatic rings. The second-order valence-corrected chi connectivity index (χ2v) is 6.90. The topological polar surface area (TPSA) is 63.3 Å². The number of nitrogens with zero attached hydrogens (tertiary/aromatic N) is 3. The molecule has 6 nitrogen and oxygen atoms in total. The number of rotatable bonds is 5. The molecule has 1 N–H and O–H groups in total. The molecule has 1 saturated heterocycles. The van der Waals surface area contributed by atoms with Crippen molar-refractivity contribution >= 4 is 6.03 Å². The molecule has 4 rings (SSSR count). The summed E-state index contributed by atoms with van der Waals surface area (Å²) in [4.78, 5) is 18.9. The van der Waals surface area contributed by atoms with Gasteiger partial charge in [-0.1, -0.05) is 0 Å². The minimum atomic E-state index is -0.0172. The summed E-state index contributed by atoms with van der Waals surface area (Å²) >= 11 is 0. The fourth-order valence-electron chi connectivity index (χ4n) is 3.47. The Hall–Kier alpha value is -2.24. The second kappa shape index (κ2) is 6.71. The van der Waals surface area contributed by atoms with Crippen LogP contribution >= 0.6 is 0 Å². The predicted molar refractivity (Wildman–Crippen MR) is 89.4 cm³/mol. The fraction of sp³-hybridized carbons (Fsp3) is 0.556. The summed E-state index contributed by atoms with van der Waals surface area (Å²) in [6, 6.07) is 3.68. The van der Waals surface area contributed by atoms with Crippen molar-refractivity contribution in [2.75, 3.05) is 13.1 Å². The van der Waals surface area contributed by atoms with Gasteiger partial charge in [-0.15, -0.1) is 0 Å². The lowest BCUT2D eigenvalue weighted by atomic mass is 9.97. The summed E-state index contributed by atoms with van der Waals surface area (Å²) in [6.07, 6.45) is 10.4. The number of nitrogens with one attached hydrogen (secondary N) is 1. The first kappa shape index (κ1) is 15.3. The van der Waals surface area contributed by atoms with Gasteiger partial charge in [0.15, 0.2) is 0 Å². The molecule has 2 fully saturated rings. The normalized spacial score (nSPS) is 21.0. The molecule has 2 aromatic heterocycles. The lowest BCUT2D eigenvalue weighted by Crippen LogP contribution is -2.45. The van der Waals surface area contributed by atoms with Crippen LogP contribution in [0.2, 0.25) is 0 Å². The van der Waals surface area contributed by atoms with Gasteiger partial charge in [0.2, 0.25) is 0 Å². The van der Waals surface area contributed by atoms with Crippen LogP contribution in [0, 0.1) is 5.92 Å². The van der Waals surface area contributed by atoms with E-state index in [0.29, 0.717) is 12.5 Å². The van der Waals surface area contributed by atoms with E-state index in [9.17, 15) is 4.79 Å². The first-order valence-corrected chi connectivity index (χ1v) is 8.86. The lowest BCUT2D eigenvalue weighted by molar-refractivity contribution is 0.176. The van der Waals surface area contributed by atoms with E-state index in [1.54, 1.807) is 6.26 Å². The fourth-order valence-corrected chi connectivity index (χ4v) is 3.47. The first-order chi connectivity index (χ1) is 11.8. The zero-order chi connectivity index (χ0) is 16.4. The highest BCUT2D eigenvalue weighted by molar-refractivity contribution is 5.74. The number of furan rings is 1. The molecule has 1 saturated carbocycles. The van der Waals surface area contributed by atoms with Gasteiger partial charge in [-0.05, 0) is 43.7 Å². The Morgan fingerprint density at radius 3 is 3.08 bits per heavy atom. The molecule has 1 atom stereocenters. The number of carbonyl (C=O) groups excluding carboxylic acids is 1. The number of hydrogen-bond acceptors (Lipinski definition) is 3. The van der Waals surface area contributed by atoms with E-state index < -0.39 is 0 Å². The van der Waals surface area contributed by atoms with Crippen LogP contribution in [0.25, 0.3) is 0 Å². The number of carbonyl (C=O) groups is 1. The predicted octanol–water partition coefficient (Wildman–Crippen LogP) is 2.98. The minimum Gasteiger partial charge on any atom is -0.467 e. The van der Waals surface area contributed by atoms with Crippen molar-refractivity contribution in [2.24, 2.45) is 5.92 Å². The molecule has 1 unspecified atom stereocenters. The van der Waals surface area contributed by atoms with E-state index >= 15 is 0 Å². The number of imidazole rings is 1. The molecule has 0 aromatic carbocycles. The average Bonchev–Trinajstić information content (AvgIpc) is 3.09. The van der Waals surface area contributed by atoms with E-state index in [0.717, 1.165) is 50.0 Å². The maximum atomic E-state index is 12.4. The zero-order valence-corrected chi connectivity index (χ0v) is 13.9. The molecular weight excluding hydrogens is 304 g/mol. The Kier molecular flexibility index (Phi) is 4.28. The Morgan fingerprint density at radius 1 is 1.38 bits per heavy atom. The summed E-state index contributed by atoms with van der Waals surface area (Å²) < 4.78 is 7.56. The summed E-state index contributed by atoms with van der Waals surface area (Å²) in [5, 5.41) is 2.94. The Morgan fingerprint density at radius 2 is 2.29 bits per heavy atom. The molecular formula is C18H24N4O2. The Bertz CT molecular complexity index is 675. The molecule has 1 aliphatic carbocycles. The molecule has 2 aliphatic rings. The molecule has 0 radical (unpaired) electrons. The van der Waals surface area contributed by atoms with Crippen LogP contribution in [0.15, 0.2) is 35.2 Å². The number of amides is 2. The van der Waals surface area contributed by atoms with Gasteiger partial charge in [0.1, 0.15) is 11.6 Å². The summed E-state index contributed by atoms with van der Waals surface area (Å²) in [7, 11) is 0. The number of likely N-dealkylation sites (tertiary alicyclic amines) is 1. The van der Waals surface area contributed by atoms with Crippen molar-refractivity contribution in [3.63, 3.8) is 0 Å². The van der Waals surface area contributed by atoms with E-state index in [1.165, 1.54) is 12.8 Å². The average molecular weight is 328 g/mol. The Balaban J connectivity index is 1.36. The zero-order valence-electron chi connectivity index (χ0n) is 13.9. The van der Waals surface area contributed by atoms with Crippen LogP contribution in [-0.4, -0.2) is 33.6 Å². The second-order valence-electron chi connectivity index (χ2n) is 6.90. The van der Waals surface area contributed by atoms with Crippen LogP contribution in [0.4, 0.5) is 4.79 Å². The van der Waals surface area contributed by atoms with Gasteiger partial charge in [-0.25, -0.2) is 9.78 Å². The quantitative estimate of drug-likeness (QED) is 0.918. The van der Waals surface area contributed by atoms with Gasteiger partial charge < -0.3 is 19.2 Å². The third kappa shape index (κ3) is 3.47. The van der Waals surface area contributed by atoms with Crippen molar-refractivity contribution in [1.29, 1.82) is 0 Å². The van der Waals surface area contributed by atoms with Crippen molar-refractivity contribution in [2.45, 2.75) is 44.7 Å². The molecule has 128 valence electrons. The molecule has 6 heteroatoms. The number of aromatic nitrogens is 2. The van der Waals surface area contributed by atoms with Gasteiger partial charge >= 0.3 is 6.03 Å². The molecule has 24 heavy (non-hydrogen) atoms. The van der Waals surface area contributed by atoms with Crippen LogP contribution < -0.4 is 5.32 Å². The number of urea groups is 1. The third-order valence-corrected chi connectivity index (χ3v) is 4.97. The van der Waals surface area contributed by atoms with Crippen LogP contribution in [0.5, 0.6) is 0 Å². The van der Waals surface area contributed by atoms with E-state index in [4.69, 9.17) is 4.42 Å². The SMILES string of the molecule is O=C(NCc1ccco1)N1CCCC(c2nccn2CC2CC2)C1. The highest BCUT2D eigenvalue weighted by atomic mass is 16.3. The smallest absolute Gasteiger partial charge is 0.317 e. The molecule has 2 amide bonds. The highest BCUT2D eigenvalue weighted by Crippen LogP contribution is 2.33. The largest absolute Gasteiger partial charge is 0.467 e. The maximum Gasteiger partial charge on any atom is 0.317 e. The van der Waals surface area contributed by atoms with E-state index in [-0.39, 0.29) is 6.03 Å². The van der Waals surface area contributed by atoms with Gasteiger partial charge in [0.05, 0.1) is 12.8 Å². The van der Waals surface area contributed by atoms with Gasteiger partial charge in [0, 0.05) is 37.9 Å². The van der Waals surface area contributed by atoms with E-state index in [1.807, 2.05) is 23.2 Å². The van der Waals surface area contributed by atoms with Crippen molar-refractivity contribution in [3.8, 4) is 0 Å². The maximum absolute atomic E-state index is 12.4. The van der Waals surface area contributed by atoms with Crippen LogP contribution in [0.1, 0.15) is 43.2 Å². The highest BCUT2D eigenvalue weighted by Gasteiger charge is 2.29. The number of piperidine rings is 1. The van der Waals surface area contributed by atoms with Gasteiger partial charge in [-0.3, -0.25) is 0 Å². The van der Waals surface area contributed by atoms with Crippen molar-refractivity contribution in [1.82, 2.24) is 19.8 Å². The molecule has 0 bridgehead atoms. The van der Waals surface area contributed by atoms with Crippen LogP contribution in [-0.2, 0) is 13.1 Å². The molecule has 0 spiro atoms. The minimum absolute atomic E-state index is 0.0172. The summed E-state index contributed by atoms with van der Waals surface area (Å²) in [5.41, 5.74) is 0. The monoisotopic (exact) mass is 328 g/mol. The lowest BCUT2D eigenvalue weighted by Gasteiger charge is -2.32. The summed E-state index contributed by atoms with van der Waals surface area (Å²) in [5.74, 6) is 3.08. The van der Waals surface area contributed by atoms with Crippen LogP contribution in [0.3, 0.4) is 0 Å². The molecule has 3 heterocycles. The van der Waals surface area contributed by atoms with Crippen molar-refractivity contribution < 1.29 is 9.21 Å². The third-order valence-electron chi connectivity index (χ3n) is 4.97. The van der Waals surface area contributed by atoms with E-state index in [2.05, 4.69) is 21.1 Å². The van der Waals surface area contributed by atoms with Gasteiger partial charge in [-0.2, -0.15) is 0 Å². The van der Waals surface area contributed by atoms with Gasteiger partial charge in [0.25, 0.3) is 0 Å². The van der Waals surface area contributed by atoms with Crippen molar-refractivity contribution in [3.05, 3.63) is 42.4 Å². The molecule has 1 aliphatic heterocycles. The Labute approximate surface area is 141 Å². The summed E-state index contributed by atoms with van der Waals surface area (Å²) in [6.45, 7) is 3.06. The number of hydrogen-bond donors (Lipinski definition) is 1.